The predicted molar refractivity (Wildman–Crippen MR) is 122 cm³/mol. The number of benzene rings is 2. The van der Waals surface area contributed by atoms with Crippen molar-refractivity contribution in [3.8, 4) is 0 Å². The van der Waals surface area contributed by atoms with Crippen LogP contribution in [0.3, 0.4) is 0 Å². The first-order valence-corrected chi connectivity index (χ1v) is 10.4. The van der Waals surface area contributed by atoms with Crippen LogP contribution in [-0.4, -0.2) is 32.6 Å². The number of imide groups is 1. The van der Waals surface area contributed by atoms with Crippen molar-refractivity contribution in [2.75, 3.05) is 0 Å². The van der Waals surface area contributed by atoms with E-state index in [9.17, 15) is 14.4 Å². The number of hydrogen-bond donors (Lipinski definition) is 4. The number of imidazole rings is 1. The number of nitrogens with zero attached hydrogens (tertiary/aromatic N) is 2. The van der Waals surface area contributed by atoms with E-state index >= 15 is 0 Å². The average Bonchev–Trinajstić information content (AvgIpc) is 3.36. The lowest BCUT2D eigenvalue weighted by Crippen LogP contribution is -2.41. The van der Waals surface area contributed by atoms with Crippen LogP contribution in [0.5, 0.6) is 0 Å². The summed E-state index contributed by atoms with van der Waals surface area (Å²) in [5.74, 6) is -1.11. The Kier molecular flexibility index (Phi) is 8.49. The Hall–Kier alpha value is -4.24. The van der Waals surface area contributed by atoms with E-state index in [0.717, 1.165) is 24.1 Å². The molecule has 1 aromatic heterocycles. The van der Waals surface area contributed by atoms with Gasteiger partial charge in [0.05, 0.1) is 12.4 Å². The zero-order valence-corrected chi connectivity index (χ0v) is 17.8. The molecule has 170 valence electrons. The molecule has 0 saturated carbocycles. The smallest absolute Gasteiger partial charge is 0.322 e. The molecule has 1 atom stereocenters. The molecule has 1 heterocycles. The number of hydrogen-bond acceptors (Lipinski definition) is 5. The van der Waals surface area contributed by atoms with Gasteiger partial charge in [0.15, 0.2) is 0 Å². The summed E-state index contributed by atoms with van der Waals surface area (Å²) in [5, 5.41) is 13.8. The van der Waals surface area contributed by atoms with Gasteiger partial charge in [0.25, 0.3) is 11.8 Å². The molecule has 3 aromatic rings. The number of urea groups is 1. The number of rotatable bonds is 9. The number of carbonyl (C=O) groups excluding carboxylic acids is 3. The Morgan fingerprint density at radius 1 is 1.06 bits per heavy atom. The van der Waals surface area contributed by atoms with Crippen LogP contribution in [0.1, 0.15) is 40.4 Å². The number of aryl methyl sites for hydroxylation is 1. The van der Waals surface area contributed by atoms with Gasteiger partial charge in [-0.3, -0.25) is 20.1 Å². The van der Waals surface area contributed by atoms with E-state index in [1.807, 2.05) is 22.9 Å². The first kappa shape index (κ1) is 23.4. The van der Waals surface area contributed by atoms with Gasteiger partial charge in [0, 0.05) is 30.6 Å². The molecule has 0 aliphatic rings. The lowest BCUT2D eigenvalue weighted by molar-refractivity contribution is -0.124. The third-order valence-corrected chi connectivity index (χ3v) is 4.91. The van der Waals surface area contributed by atoms with Crippen molar-refractivity contribution in [1.82, 2.24) is 25.7 Å². The monoisotopic (exact) mass is 447 g/mol. The minimum Gasteiger partial charge on any atom is -0.337 e. The number of hydroxylamine groups is 1. The molecule has 0 bridgehead atoms. The van der Waals surface area contributed by atoms with Gasteiger partial charge in [0.1, 0.15) is 0 Å². The van der Waals surface area contributed by atoms with Gasteiger partial charge >= 0.3 is 6.03 Å². The van der Waals surface area contributed by atoms with E-state index in [1.54, 1.807) is 61.1 Å². The maximum absolute atomic E-state index is 12.5. The van der Waals surface area contributed by atoms with Crippen LogP contribution in [-0.2, 0) is 11.3 Å². The Labute approximate surface area is 191 Å². The summed E-state index contributed by atoms with van der Waals surface area (Å²) in [7, 11) is 0. The van der Waals surface area contributed by atoms with Gasteiger partial charge < -0.3 is 9.88 Å². The van der Waals surface area contributed by atoms with E-state index in [-0.39, 0.29) is 6.04 Å². The number of nitrogens with one attached hydrogen (secondary N) is 3. The molecule has 3 rings (SSSR count). The second-order valence-electron chi connectivity index (χ2n) is 7.26. The maximum atomic E-state index is 12.5. The molecular weight excluding hydrogens is 422 g/mol. The van der Waals surface area contributed by atoms with Gasteiger partial charge in [-0.25, -0.2) is 15.3 Å². The largest absolute Gasteiger partial charge is 0.337 e. The van der Waals surface area contributed by atoms with Gasteiger partial charge in [-0.2, -0.15) is 0 Å². The van der Waals surface area contributed by atoms with E-state index in [4.69, 9.17) is 5.21 Å². The molecule has 1 unspecified atom stereocenters. The second kappa shape index (κ2) is 12.0. The maximum Gasteiger partial charge on any atom is 0.322 e. The lowest BCUT2D eigenvalue weighted by Gasteiger charge is -2.20. The van der Waals surface area contributed by atoms with Gasteiger partial charge in [-0.05, 0) is 42.2 Å². The van der Waals surface area contributed by atoms with Crippen LogP contribution in [0.15, 0.2) is 79.4 Å². The summed E-state index contributed by atoms with van der Waals surface area (Å²) in [6.07, 6.45) is 9.48. The molecule has 0 saturated heterocycles. The van der Waals surface area contributed by atoms with Crippen LogP contribution >= 0.6 is 0 Å². The topological polar surface area (TPSA) is 125 Å². The summed E-state index contributed by atoms with van der Waals surface area (Å²) in [4.78, 5) is 40.0. The third-order valence-electron chi connectivity index (χ3n) is 4.91. The zero-order chi connectivity index (χ0) is 23.5. The summed E-state index contributed by atoms with van der Waals surface area (Å²) >= 11 is 0. The first-order chi connectivity index (χ1) is 16.0. The Morgan fingerprint density at radius 3 is 2.48 bits per heavy atom. The number of aromatic nitrogens is 2. The predicted octanol–water partition coefficient (Wildman–Crippen LogP) is 3.06. The minimum atomic E-state index is -0.627. The summed E-state index contributed by atoms with van der Waals surface area (Å²) in [5.41, 5.74) is 3.54. The summed E-state index contributed by atoms with van der Waals surface area (Å²) < 4.78 is 1.95. The molecule has 4 amide bonds. The molecule has 0 aliphatic heterocycles. The minimum absolute atomic E-state index is 0.337. The van der Waals surface area contributed by atoms with Crippen molar-refractivity contribution in [2.24, 2.45) is 0 Å². The molecule has 2 aromatic carbocycles. The summed E-state index contributed by atoms with van der Waals surface area (Å²) in [6, 6.07) is 14.9. The number of amides is 4. The van der Waals surface area contributed by atoms with Crippen molar-refractivity contribution in [3.05, 3.63) is 96.1 Å². The Morgan fingerprint density at radius 2 is 1.82 bits per heavy atom. The van der Waals surface area contributed by atoms with Gasteiger partial charge in [-0.1, -0.05) is 42.5 Å². The fraction of sp³-hybridized carbons (Fsp3) is 0.167. The fourth-order valence-electron chi connectivity index (χ4n) is 3.23. The van der Waals surface area contributed by atoms with Crippen molar-refractivity contribution >= 4 is 23.9 Å². The van der Waals surface area contributed by atoms with Crippen molar-refractivity contribution < 1.29 is 19.6 Å². The molecule has 9 nitrogen and oxygen atoms in total. The van der Waals surface area contributed by atoms with E-state index in [0.29, 0.717) is 12.0 Å². The highest BCUT2D eigenvalue weighted by Gasteiger charge is 2.17. The van der Waals surface area contributed by atoms with Gasteiger partial charge in [-0.15, -0.1) is 0 Å². The Balaban J connectivity index is 1.67. The Bertz CT molecular complexity index is 1080. The fourth-order valence-corrected chi connectivity index (χ4v) is 3.23. The molecule has 33 heavy (non-hydrogen) atoms. The van der Waals surface area contributed by atoms with Gasteiger partial charge in [0.2, 0.25) is 0 Å². The molecular formula is C24H25N5O4. The van der Waals surface area contributed by atoms with Crippen LogP contribution in [0.4, 0.5) is 4.79 Å². The highest BCUT2D eigenvalue weighted by molar-refractivity contribution is 6.04. The van der Waals surface area contributed by atoms with E-state index < -0.39 is 17.8 Å². The molecule has 9 heteroatoms. The highest BCUT2D eigenvalue weighted by atomic mass is 16.5. The second-order valence-corrected chi connectivity index (χ2v) is 7.26. The lowest BCUT2D eigenvalue weighted by atomic mass is 10.0. The van der Waals surface area contributed by atoms with Crippen molar-refractivity contribution in [1.29, 1.82) is 0 Å². The van der Waals surface area contributed by atoms with Crippen molar-refractivity contribution in [2.45, 2.75) is 25.4 Å². The van der Waals surface area contributed by atoms with Crippen LogP contribution < -0.4 is 16.1 Å². The summed E-state index contributed by atoms with van der Waals surface area (Å²) in [6.45, 7) is 0.736. The van der Waals surface area contributed by atoms with Crippen LogP contribution in [0.2, 0.25) is 0 Å². The SMILES string of the molecule is O=C(C=Cc1ccc(C(CCCn2ccnc2)NC(=O)NC(=O)c2ccccc2)cc1)NO. The highest BCUT2D eigenvalue weighted by Crippen LogP contribution is 2.20. The number of carbonyl (C=O) groups is 3. The molecule has 4 N–H and O–H groups in total. The van der Waals surface area contributed by atoms with Crippen LogP contribution in [0.25, 0.3) is 6.08 Å². The normalized spacial score (nSPS) is 11.7. The molecule has 0 spiro atoms. The van der Waals surface area contributed by atoms with Crippen LogP contribution in [0, 0.1) is 0 Å². The zero-order valence-electron chi connectivity index (χ0n) is 17.8. The van der Waals surface area contributed by atoms with E-state index in [2.05, 4.69) is 15.6 Å². The molecule has 0 radical (unpaired) electrons. The van der Waals surface area contributed by atoms with Crippen molar-refractivity contribution in [3.63, 3.8) is 0 Å². The van der Waals surface area contributed by atoms with E-state index in [1.165, 1.54) is 11.6 Å². The first-order valence-electron chi connectivity index (χ1n) is 10.4. The standard InChI is InChI=1S/C24H25N5O4/c30-22(28-33)13-10-18-8-11-19(12-9-18)21(7-4-15-29-16-14-25-17-29)26-24(32)27-23(31)20-5-2-1-3-6-20/h1-3,5-6,8-14,16-17,21,33H,4,7,15H2,(H,28,30)(H2,26,27,31,32). The quantitative estimate of drug-likeness (QED) is 0.228. The molecule has 0 fully saturated rings. The third kappa shape index (κ3) is 7.44. The average molecular weight is 447 g/mol. The molecule has 0 aliphatic carbocycles.